The number of amides is 2. The van der Waals surface area contributed by atoms with Crippen LogP contribution in [0.5, 0.6) is 5.75 Å². The van der Waals surface area contributed by atoms with E-state index < -0.39 is 28.5 Å². The first-order valence-corrected chi connectivity index (χ1v) is 13.8. The Kier molecular flexibility index (Phi) is 10.7. The Bertz CT molecular complexity index is 1140. The molecule has 0 saturated heterocycles. The molecule has 0 aromatic heterocycles. The van der Waals surface area contributed by atoms with Gasteiger partial charge in [-0.25, -0.2) is 8.42 Å². The van der Waals surface area contributed by atoms with E-state index in [0.29, 0.717) is 34.5 Å². The van der Waals surface area contributed by atoms with E-state index in [0.717, 1.165) is 17.0 Å². The molecule has 1 N–H and O–H groups in total. The molecule has 192 valence electrons. The van der Waals surface area contributed by atoms with Crippen LogP contribution in [0.4, 0.5) is 5.69 Å². The number of halogens is 2. The van der Waals surface area contributed by atoms with Crippen LogP contribution in [0.3, 0.4) is 0 Å². The van der Waals surface area contributed by atoms with E-state index in [4.69, 9.17) is 27.9 Å². The smallest absolute Gasteiger partial charge is 0.244 e. The van der Waals surface area contributed by atoms with Crippen LogP contribution in [0, 0.1) is 0 Å². The number of nitrogens with one attached hydrogen (secondary N) is 1. The van der Waals surface area contributed by atoms with Crippen LogP contribution in [0.25, 0.3) is 0 Å². The Morgan fingerprint density at radius 1 is 1.09 bits per heavy atom. The molecule has 2 rings (SSSR count). The van der Waals surface area contributed by atoms with E-state index in [1.807, 2.05) is 6.92 Å². The van der Waals surface area contributed by atoms with Gasteiger partial charge >= 0.3 is 0 Å². The molecular formula is C24H31Cl2N3O5S. The Morgan fingerprint density at radius 3 is 2.37 bits per heavy atom. The molecule has 0 aliphatic heterocycles. The number of hydrogen-bond acceptors (Lipinski definition) is 5. The number of ether oxygens (including phenoxy) is 1. The van der Waals surface area contributed by atoms with Gasteiger partial charge in [-0.3, -0.25) is 13.9 Å². The number of para-hydroxylation sites is 2. The first-order chi connectivity index (χ1) is 16.5. The lowest BCUT2D eigenvalue weighted by Gasteiger charge is -2.32. The van der Waals surface area contributed by atoms with Crippen molar-refractivity contribution in [3.05, 3.63) is 58.1 Å². The minimum atomic E-state index is -3.87. The van der Waals surface area contributed by atoms with Gasteiger partial charge in [-0.15, -0.1) is 0 Å². The molecule has 0 aliphatic carbocycles. The molecule has 0 saturated carbocycles. The number of sulfonamides is 1. The third kappa shape index (κ3) is 8.02. The molecule has 0 aliphatic rings. The van der Waals surface area contributed by atoms with Gasteiger partial charge in [-0.2, -0.15) is 0 Å². The number of rotatable bonds is 12. The molecular weight excluding hydrogens is 513 g/mol. The Morgan fingerprint density at radius 2 is 1.77 bits per heavy atom. The van der Waals surface area contributed by atoms with Gasteiger partial charge in [0.25, 0.3) is 0 Å². The maximum atomic E-state index is 13.6. The largest absolute Gasteiger partial charge is 0.492 e. The van der Waals surface area contributed by atoms with Crippen molar-refractivity contribution in [1.82, 2.24) is 10.2 Å². The Labute approximate surface area is 217 Å². The fourth-order valence-electron chi connectivity index (χ4n) is 3.35. The van der Waals surface area contributed by atoms with Gasteiger partial charge in [-0.1, -0.05) is 48.3 Å². The minimum Gasteiger partial charge on any atom is -0.492 e. The fourth-order valence-corrected chi connectivity index (χ4v) is 4.52. The third-order valence-corrected chi connectivity index (χ3v) is 7.03. The van der Waals surface area contributed by atoms with Crippen LogP contribution >= 0.6 is 23.2 Å². The summed E-state index contributed by atoms with van der Waals surface area (Å²) in [6, 6.07) is 10.6. The van der Waals surface area contributed by atoms with Gasteiger partial charge in [0, 0.05) is 13.1 Å². The zero-order valence-electron chi connectivity index (χ0n) is 20.3. The van der Waals surface area contributed by atoms with Crippen molar-refractivity contribution in [2.24, 2.45) is 0 Å². The summed E-state index contributed by atoms with van der Waals surface area (Å²) in [7, 11) is -3.87. The molecule has 11 heteroatoms. The SMILES string of the molecule is CCCNC(=O)C(C)N(Cc1ccc(Cl)c(Cl)c1)C(=O)CN(c1ccccc1OCC)S(C)(=O)=O. The summed E-state index contributed by atoms with van der Waals surface area (Å²) in [5.74, 6) is -0.578. The van der Waals surface area contributed by atoms with Gasteiger partial charge < -0.3 is 15.0 Å². The van der Waals surface area contributed by atoms with Gasteiger partial charge in [0.1, 0.15) is 18.3 Å². The quantitative estimate of drug-likeness (QED) is 0.434. The molecule has 35 heavy (non-hydrogen) atoms. The first-order valence-electron chi connectivity index (χ1n) is 11.2. The van der Waals surface area contributed by atoms with Crippen LogP contribution in [0.1, 0.15) is 32.8 Å². The van der Waals surface area contributed by atoms with Crippen molar-refractivity contribution in [3.63, 3.8) is 0 Å². The highest BCUT2D eigenvalue weighted by Crippen LogP contribution is 2.30. The molecule has 0 spiro atoms. The summed E-state index contributed by atoms with van der Waals surface area (Å²) >= 11 is 12.2. The van der Waals surface area contributed by atoms with Crippen LogP contribution in [-0.2, 0) is 26.2 Å². The van der Waals surface area contributed by atoms with Crippen molar-refractivity contribution in [1.29, 1.82) is 0 Å². The number of carbonyl (C=O) groups excluding carboxylic acids is 2. The molecule has 8 nitrogen and oxygen atoms in total. The fraction of sp³-hybridized carbons (Fsp3) is 0.417. The van der Waals surface area contributed by atoms with Crippen LogP contribution in [0.2, 0.25) is 10.0 Å². The summed E-state index contributed by atoms with van der Waals surface area (Å²) in [5, 5.41) is 3.45. The molecule has 0 heterocycles. The highest BCUT2D eigenvalue weighted by atomic mass is 35.5. The third-order valence-electron chi connectivity index (χ3n) is 5.17. The lowest BCUT2D eigenvalue weighted by atomic mass is 10.1. The van der Waals surface area contributed by atoms with Crippen molar-refractivity contribution >= 4 is 50.7 Å². The van der Waals surface area contributed by atoms with Crippen molar-refractivity contribution in [3.8, 4) is 5.75 Å². The predicted octanol–water partition coefficient (Wildman–Crippen LogP) is 4.10. The number of nitrogens with zero attached hydrogens (tertiary/aromatic N) is 2. The Balaban J connectivity index is 2.44. The second-order valence-electron chi connectivity index (χ2n) is 7.91. The molecule has 2 aromatic rings. The van der Waals surface area contributed by atoms with Crippen LogP contribution in [-0.4, -0.2) is 57.1 Å². The predicted molar refractivity (Wildman–Crippen MR) is 140 cm³/mol. The summed E-state index contributed by atoms with van der Waals surface area (Å²) in [4.78, 5) is 27.6. The normalized spacial score (nSPS) is 12.1. The number of anilines is 1. The number of hydrogen-bond donors (Lipinski definition) is 1. The highest BCUT2D eigenvalue weighted by Gasteiger charge is 2.31. The van der Waals surface area contributed by atoms with E-state index >= 15 is 0 Å². The van der Waals surface area contributed by atoms with Gasteiger partial charge in [-0.05, 0) is 50.1 Å². The first kappa shape index (κ1) is 28.7. The standard InChI is InChI=1S/C24H31Cl2N3O5S/c1-5-13-27-24(31)17(3)28(15-18-11-12-19(25)20(26)14-18)23(30)16-29(35(4,32)33)21-9-7-8-10-22(21)34-6-2/h7-12,14,17H,5-6,13,15-16H2,1-4H3,(H,27,31). The molecule has 0 radical (unpaired) electrons. The lowest BCUT2D eigenvalue weighted by molar-refractivity contribution is -0.139. The maximum absolute atomic E-state index is 13.6. The summed E-state index contributed by atoms with van der Waals surface area (Å²) < 4.78 is 32.0. The summed E-state index contributed by atoms with van der Waals surface area (Å²) in [5.41, 5.74) is 0.881. The van der Waals surface area contributed by atoms with E-state index in [1.165, 1.54) is 4.90 Å². The highest BCUT2D eigenvalue weighted by molar-refractivity contribution is 7.92. The van der Waals surface area contributed by atoms with E-state index in [1.54, 1.807) is 56.3 Å². The zero-order valence-corrected chi connectivity index (χ0v) is 22.6. The minimum absolute atomic E-state index is 0.0289. The Hall–Kier alpha value is -2.49. The molecule has 0 fully saturated rings. The second kappa shape index (κ2) is 13.0. The zero-order chi connectivity index (χ0) is 26.2. The van der Waals surface area contributed by atoms with Gasteiger partial charge in [0.15, 0.2) is 0 Å². The number of carbonyl (C=O) groups is 2. The van der Waals surface area contributed by atoms with E-state index in [-0.39, 0.29) is 18.1 Å². The van der Waals surface area contributed by atoms with Gasteiger partial charge in [0.05, 0.1) is 28.6 Å². The molecule has 1 atom stereocenters. The van der Waals surface area contributed by atoms with Crippen LogP contribution < -0.4 is 14.4 Å². The summed E-state index contributed by atoms with van der Waals surface area (Å²) in [6.07, 6.45) is 1.75. The monoisotopic (exact) mass is 543 g/mol. The molecule has 2 aromatic carbocycles. The second-order valence-corrected chi connectivity index (χ2v) is 10.6. The maximum Gasteiger partial charge on any atom is 0.244 e. The van der Waals surface area contributed by atoms with Crippen LogP contribution in [0.15, 0.2) is 42.5 Å². The van der Waals surface area contributed by atoms with Crippen molar-refractivity contribution < 1.29 is 22.7 Å². The molecule has 2 amide bonds. The summed E-state index contributed by atoms with van der Waals surface area (Å²) in [6.45, 7) is 5.58. The topological polar surface area (TPSA) is 96.0 Å². The molecule has 0 bridgehead atoms. The van der Waals surface area contributed by atoms with Crippen molar-refractivity contribution in [2.45, 2.75) is 39.8 Å². The average Bonchev–Trinajstić information content (AvgIpc) is 2.81. The average molecular weight is 545 g/mol. The van der Waals surface area contributed by atoms with Crippen molar-refractivity contribution in [2.75, 3.05) is 30.3 Å². The van der Waals surface area contributed by atoms with Gasteiger partial charge in [0.2, 0.25) is 21.8 Å². The lowest BCUT2D eigenvalue weighted by Crippen LogP contribution is -2.51. The van der Waals surface area contributed by atoms with E-state index in [9.17, 15) is 18.0 Å². The molecule has 1 unspecified atom stereocenters. The van der Waals surface area contributed by atoms with E-state index in [2.05, 4.69) is 5.32 Å². The number of benzene rings is 2.